The van der Waals surface area contributed by atoms with E-state index in [4.69, 9.17) is 23.2 Å². The fraction of sp³-hybridized carbons (Fsp3) is 0.455. The first-order valence-corrected chi connectivity index (χ1v) is 5.90. The van der Waals surface area contributed by atoms with Gasteiger partial charge >= 0.3 is 0 Å². The van der Waals surface area contributed by atoms with Gasteiger partial charge in [0.05, 0.1) is 0 Å². The van der Waals surface area contributed by atoms with Gasteiger partial charge in [0.2, 0.25) is 0 Å². The average Bonchev–Trinajstić information content (AvgIpc) is 2.99. The predicted molar refractivity (Wildman–Crippen MR) is 63.9 cm³/mol. The topological polar surface area (TPSA) is 33.2 Å². The highest BCUT2D eigenvalue weighted by molar-refractivity contribution is 6.33. The van der Waals surface area contributed by atoms with Crippen molar-refractivity contribution in [3.63, 3.8) is 0 Å². The fourth-order valence-electron chi connectivity index (χ4n) is 1.58. The number of aromatic nitrogens is 1. The number of rotatable bonds is 3. The Morgan fingerprint density at radius 1 is 1.44 bits per heavy atom. The third kappa shape index (κ3) is 2.86. The molecule has 0 atom stereocenters. The zero-order valence-corrected chi connectivity index (χ0v) is 10.4. The SMILES string of the molecule is CN(CC1CC1)C(=O)c1cc(Cl)nc(Cl)c1. The molecule has 1 fully saturated rings. The zero-order chi connectivity index (χ0) is 11.7. The first-order valence-electron chi connectivity index (χ1n) is 5.15. The van der Waals surface area contributed by atoms with E-state index >= 15 is 0 Å². The van der Waals surface area contributed by atoms with Gasteiger partial charge in [-0.25, -0.2) is 4.98 Å². The second-order valence-electron chi connectivity index (χ2n) is 4.13. The van der Waals surface area contributed by atoms with E-state index in [-0.39, 0.29) is 16.2 Å². The Hall–Kier alpha value is -0.800. The van der Waals surface area contributed by atoms with Gasteiger partial charge in [0.25, 0.3) is 5.91 Å². The third-order valence-corrected chi connectivity index (χ3v) is 2.97. The van der Waals surface area contributed by atoms with Crippen molar-refractivity contribution in [2.45, 2.75) is 12.8 Å². The summed E-state index contributed by atoms with van der Waals surface area (Å²) in [6.07, 6.45) is 2.44. The Morgan fingerprint density at radius 3 is 2.50 bits per heavy atom. The molecule has 1 heterocycles. The van der Waals surface area contributed by atoms with Gasteiger partial charge in [-0.15, -0.1) is 0 Å². The lowest BCUT2D eigenvalue weighted by Gasteiger charge is -2.16. The van der Waals surface area contributed by atoms with Crippen LogP contribution in [0.15, 0.2) is 12.1 Å². The molecule has 0 aliphatic heterocycles. The van der Waals surface area contributed by atoms with Crippen LogP contribution in [0, 0.1) is 5.92 Å². The van der Waals surface area contributed by atoms with E-state index in [1.165, 1.54) is 12.8 Å². The molecule has 1 aliphatic rings. The van der Waals surface area contributed by atoms with Gasteiger partial charge in [-0.2, -0.15) is 0 Å². The average molecular weight is 259 g/mol. The summed E-state index contributed by atoms with van der Waals surface area (Å²) >= 11 is 11.5. The first-order chi connectivity index (χ1) is 7.56. The normalized spacial score (nSPS) is 14.9. The molecule has 1 amide bonds. The lowest BCUT2D eigenvalue weighted by atomic mass is 10.2. The number of amides is 1. The summed E-state index contributed by atoms with van der Waals surface area (Å²) in [6.45, 7) is 0.802. The Morgan fingerprint density at radius 2 is 2.00 bits per heavy atom. The van der Waals surface area contributed by atoms with Crippen LogP contribution in [0.3, 0.4) is 0 Å². The summed E-state index contributed by atoms with van der Waals surface area (Å²) in [6, 6.07) is 3.08. The van der Waals surface area contributed by atoms with Gasteiger partial charge in [-0.05, 0) is 30.9 Å². The van der Waals surface area contributed by atoms with Gasteiger partial charge in [0.1, 0.15) is 10.3 Å². The van der Waals surface area contributed by atoms with E-state index in [1.807, 2.05) is 0 Å². The van der Waals surface area contributed by atoms with Crippen molar-refractivity contribution in [3.05, 3.63) is 28.0 Å². The van der Waals surface area contributed by atoms with Crippen molar-refractivity contribution in [1.82, 2.24) is 9.88 Å². The van der Waals surface area contributed by atoms with Crippen LogP contribution in [0.5, 0.6) is 0 Å². The zero-order valence-electron chi connectivity index (χ0n) is 8.91. The molecule has 0 N–H and O–H groups in total. The van der Waals surface area contributed by atoms with Crippen molar-refractivity contribution < 1.29 is 4.79 Å². The van der Waals surface area contributed by atoms with Crippen LogP contribution >= 0.6 is 23.2 Å². The summed E-state index contributed by atoms with van der Waals surface area (Å²) in [5, 5.41) is 0.492. The summed E-state index contributed by atoms with van der Waals surface area (Å²) in [4.78, 5) is 17.5. The van der Waals surface area contributed by atoms with Crippen LogP contribution < -0.4 is 0 Å². The highest BCUT2D eigenvalue weighted by Gasteiger charge is 2.25. The minimum atomic E-state index is -0.0573. The molecule has 1 saturated carbocycles. The van der Waals surface area contributed by atoms with Gasteiger partial charge < -0.3 is 4.90 Å². The molecule has 0 unspecified atom stereocenters. The number of hydrogen-bond donors (Lipinski definition) is 0. The lowest BCUT2D eigenvalue weighted by molar-refractivity contribution is 0.0788. The highest BCUT2D eigenvalue weighted by atomic mass is 35.5. The van der Waals surface area contributed by atoms with Crippen LogP contribution in [0.4, 0.5) is 0 Å². The summed E-state index contributed by atoms with van der Waals surface area (Å²) in [7, 11) is 1.79. The Kier molecular flexibility index (Phi) is 3.36. The smallest absolute Gasteiger partial charge is 0.253 e. The number of pyridine rings is 1. The van der Waals surface area contributed by atoms with Crippen LogP contribution in [0.1, 0.15) is 23.2 Å². The molecule has 0 saturated heterocycles. The van der Waals surface area contributed by atoms with Crippen molar-refractivity contribution in [2.24, 2.45) is 5.92 Å². The molecular weight excluding hydrogens is 247 g/mol. The molecule has 16 heavy (non-hydrogen) atoms. The van der Waals surface area contributed by atoms with Crippen molar-refractivity contribution in [1.29, 1.82) is 0 Å². The maximum Gasteiger partial charge on any atom is 0.253 e. The summed E-state index contributed by atoms with van der Waals surface area (Å²) in [5.74, 6) is 0.611. The third-order valence-electron chi connectivity index (χ3n) is 2.59. The Bertz CT molecular complexity index is 398. The monoisotopic (exact) mass is 258 g/mol. The van der Waals surface area contributed by atoms with E-state index < -0.39 is 0 Å². The quantitative estimate of drug-likeness (QED) is 0.782. The number of carbonyl (C=O) groups is 1. The summed E-state index contributed by atoms with van der Waals surface area (Å²) < 4.78 is 0. The van der Waals surface area contributed by atoms with Crippen LogP contribution in [0.2, 0.25) is 10.3 Å². The standard InChI is InChI=1S/C11H12Cl2N2O/c1-15(6-7-2-3-7)11(16)8-4-9(12)14-10(13)5-8/h4-5,7H,2-3,6H2,1H3. The molecule has 0 aromatic carbocycles. The molecule has 3 nitrogen and oxygen atoms in total. The van der Waals surface area contributed by atoms with Gasteiger partial charge in [-0.1, -0.05) is 23.2 Å². The maximum atomic E-state index is 12.0. The van der Waals surface area contributed by atoms with Crippen LogP contribution in [0.25, 0.3) is 0 Å². The lowest BCUT2D eigenvalue weighted by Crippen LogP contribution is -2.28. The van der Waals surface area contributed by atoms with E-state index in [9.17, 15) is 4.79 Å². The van der Waals surface area contributed by atoms with E-state index in [0.29, 0.717) is 11.5 Å². The van der Waals surface area contributed by atoms with Crippen LogP contribution in [-0.2, 0) is 0 Å². The Balaban J connectivity index is 2.12. The molecule has 0 radical (unpaired) electrons. The van der Waals surface area contributed by atoms with Gasteiger partial charge in [0, 0.05) is 19.2 Å². The van der Waals surface area contributed by atoms with Gasteiger partial charge in [-0.3, -0.25) is 4.79 Å². The van der Waals surface area contributed by atoms with E-state index in [0.717, 1.165) is 6.54 Å². The molecule has 86 valence electrons. The van der Waals surface area contributed by atoms with Gasteiger partial charge in [0.15, 0.2) is 0 Å². The molecule has 0 spiro atoms. The number of halogens is 2. The van der Waals surface area contributed by atoms with Crippen molar-refractivity contribution >= 4 is 29.1 Å². The minimum absolute atomic E-state index is 0.0573. The number of carbonyl (C=O) groups excluding carboxylic acids is 1. The second kappa shape index (κ2) is 4.60. The molecule has 1 aromatic rings. The fourth-order valence-corrected chi connectivity index (χ4v) is 2.04. The molecule has 5 heteroatoms. The van der Waals surface area contributed by atoms with Crippen LogP contribution in [-0.4, -0.2) is 29.4 Å². The number of nitrogens with zero attached hydrogens (tertiary/aromatic N) is 2. The second-order valence-corrected chi connectivity index (χ2v) is 4.90. The molecule has 2 rings (SSSR count). The first kappa shape index (κ1) is 11.7. The maximum absolute atomic E-state index is 12.0. The molecule has 1 aliphatic carbocycles. The van der Waals surface area contributed by atoms with Crippen molar-refractivity contribution in [2.75, 3.05) is 13.6 Å². The Labute approximate surface area is 104 Å². The van der Waals surface area contributed by atoms with E-state index in [2.05, 4.69) is 4.98 Å². The minimum Gasteiger partial charge on any atom is -0.341 e. The summed E-state index contributed by atoms with van der Waals surface area (Å²) in [5.41, 5.74) is 0.494. The molecular formula is C11H12Cl2N2O. The molecule has 1 aromatic heterocycles. The highest BCUT2D eigenvalue weighted by Crippen LogP contribution is 2.29. The largest absolute Gasteiger partial charge is 0.341 e. The van der Waals surface area contributed by atoms with E-state index in [1.54, 1.807) is 24.1 Å². The number of hydrogen-bond acceptors (Lipinski definition) is 2. The predicted octanol–water partition coefficient (Wildman–Crippen LogP) is 2.87. The van der Waals surface area contributed by atoms with Crippen molar-refractivity contribution in [3.8, 4) is 0 Å². The molecule has 0 bridgehead atoms.